The summed E-state index contributed by atoms with van der Waals surface area (Å²) in [6.45, 7) is 2.39. The van der Waals surface area contributed by atoms with E-state index in [1.165, 1.54) is 12.8 Å². The first-order valence-electron chi connectivity index (χ1n) is 7.09. The van der Waals surface area contributed by atoms with Crippen molar-refractivity contribution in [3.8, 4) is 0 Å². The molecule has 0 aromatic carbocycles. The molecule has 1 amide bonds. The molecule has 4 heteroatoms. The number of pyridine rings is 1. The van der Waals surface area contributed by atoms with E-state index in [0.717, 1.165) is 36.9 Å². The normalized spacial score (nSPS) is 18.6. The van der Waals surface area contributed by atoms with Crippen LogP contribution in [0.3, 0.4) is 0 Å². The number of amides is 1. The highest BCUT2D eigenvalue weighted by Crippen LogP contribution is 2.35. The fraction of sp³-hybridized carbons (Fsp3) is 0.600. The van der Waals surface area contributed by atoms with E-state index in [0.29, 0.717) is 6.54 Å². The van der Waals surface area contributed by atoms with Crippen LogP contribution < -0.4 is 11.1 Å². The average molecular weight is 261 g/mol. The minimum Gasteiger partial charge on any atom is -0.329 e. The zero-order valence-corrected chi connectivity index (χ0v) is 11.6. The summed E-state index contributed by atoms with van der Waals surface area (Å²) in [5, 5.41) is 2.99. The highest BCUT2D eigenvalue weighted by Gasteiger charge is 2.37. The second-order valence-electron chi connectivity index (χ2n) is 5.60. The molecule has 4 nitrogen and oxygen atoms in total. The number of hydrogen-bond donors (Lipinski definition) is 2. The molecule has 1 fully saturated rings. The lowest BCUT2D eigenvalue weighted by Gasteiger charge is -2.29. The number of nitrogens with two attached hydrogens (primary N) is 1. The average Bonchev–Trinajstić information content (AvgIpc) is 2.65. The molecule has 0 atom stereocenters. The minimum atomic E-state index is -0.389. The van der Waals surface area contributed by atoms with Crippen LogP contribution in [0, 0.1) is 12.3 Å². The number of aromatic nitrogens is 1. The molecule has 2 rings (SSSR count). The number of carbonyl (C=O) groups excluding carboxylic acids is 1. The third kappa shape index (κ3) is 3.32. The van der Waals surface area contributed by atoms with Gasteiger partial charge in [-0.15, -0.1) is 0 Å². The van der Waals surface area contributed by atoms with E-state index in [9.17, 15) is 4.79 Å². The molecule has 1 aliphatic rings. The van der Waals surface area contributed by atoms with Gasteiger partial charge in [0.05, 0.1) is 17.3 Å². The van der Waals surface area contributed by atoms with Crippen molar-refractivity contribution in [1.82, 2.24) is 4.98 Å². The smallest absolute Gasteiger partial charge is 0.231 e. The van der Waals surface area contributed by atoms with Crippen LogP contribution in [0.4, 0.5) is 5.69 Å². The Balaban J connectivity index is 2.12. The predicted molar refractivity (Wildman–Crippen MR) is 76.8 cm³/mol. The van der Waals surface area contributed by atoms with E-state index in [1.807, 2.05) is 13.0 Å². The number of aryl methyl sites for hydroxylation is 1. The Morgan fingerprint density at radius 1 is 1.32 bits per heavy atom. The number of rotatable bonds is 3. The molecular formula is C15H23N3O. The standard InChI is InChI=1S/C15H23N3O/c1-12-8-13(10-17-9-12)18-14(19)15(11-16)6-4-2-3-5-7-15/h8-10H,2-7,11,16H2,1H3,(H,18,19). The van der Waals surface area contributed by atoms with E-state index in [2.05, 4.69) is 10.3 Å². The van der Waals surface area contributed by atoms with Gasteiger partial charge in [-0.3, -0.25) is 9.78 Å². The molecule has 1 saturated carbocycles. The zero-order valence-electron chi connectivity index (χ0n) is 11.6. The van der Waals surface area contributed by atoms with Crippen molar-refractivity contribution in [1.29, 1.82) is 0 Å². The molecule has 1 aliphatic carbocycles. The molecule has 0 radical (unpaired) electrons. The summed E-state index contributed by atoms with van der Waals surface area (Å²) >= 11 is 0. The Labute approximate surface area is 114 Å². The summed E-state index contributed by atoms with van der Waals surface area (Å²) in [6, 6.07) is 1.94. The monoisotopic (exact) mass is 261 g/mol. The fourth-order valence-corrected chi connectivity index (χ4v) is 2.82. The van der Waals surface area contributed by atoms with Crippen LogP contribution in [0.25, 0.3) is 0 Å². The van der Waals surface area contributed by atoms with Crippen LogP contribution in [0.5, 0.6) is 0 Å². The van der Waals surface area contributed by atoms with Crippen molar-refractivity contribution in [2.45, 2.75) is 45.4 Å². The van der Waals surface area contributed by atoms with Gasteiger partial charge >= 0.3 is 0 Å². The van der Waals surface area contributed by atoms with Gasteiger partial charge in [-0.2, -0.15) is 0 Å². The lowest BCUT2D eigenvalue weighted by molar-refractivity contribution is -0.125. The molecule has 0 unspecified atom stereocenters. The molecule has 1 heterocycles. The maximum atomic E-state index is 12.6. The lowest BCUT2D eigenvalue weighted by atomic mass is 9.79. The summed E-state index contributed by atoms with van der Waals surface area (Å²) in [5.74, 6) is 0.0595. The van der Waals surface area contributed by atoms with Crippen LogP contribution >= 0.6 is 0 Å². The lowest BCUT2D eigenvalue weighted by Crippen LogP contribution is -2.42. The first-order valence-corrected chi connectivity index (χ1v) is 7.09. The van der Waals surface area contributed by atoms with Gasteiger partial charge in [-0.1, -0.05) is 25.7 Å². The van der Waals surface area contributed by atoms with E-state index < -0.39 is 0 Å². The predicted octanol–water partition coefficient (Wildman–Crippen LogP) is 2.63. The molecule has 0 bridgehead atoms. The third-order valence-corrected chi connectivity index (χ3v) is 4.07. The largest absolute Gasteiger partial charge is 0.329 e. The minimum absolute atomic E-state index is 0.0595. The number of anilines is 1. The van der Waals surface area contributed by atoms with Crippen molar-refractivity contribution in [2.24, 2.45) is 11.1 Å². The van der Waals surface area contributed by atoms with Crippen LogP contribution in [0.15, 0.2) is 18.5 Å². The topological polar surface area (TPSA) is 68.0 Å². The molecule has 104 valence electrons. The van der Waals surface area contributed by atoms with Crippen molar-refractivity contribution >= 4 is 11.6 Å². The maximum Gasteiger partial charge on any atom is 0.231 e. The van der Waals surface area contributed by atoms with Gasteiger partial charge in [0.2, 0.25) is 5.91 Å². The molecular weight excluding hydrogens is 238 g/mol. The summed E-state index contributed by atoms with van der Waals surface area (Å²) in [4.78, 5) is 16.7. The van der Waals surface area contributed by atoms with E-state index >= 15 is 0 Å². The van der Waals surface area contributed by atoms with Gasteiger partial charge in [-0.25, -0.2) is 0 Å². The second kappa shape index (κ2) is 6.15. The Kier molecular flexibility index (Phi) is 4.53. The Morgan fingerprint density at radius 2 is 2.00 bits per heavy atom. The van der Waals surface area contributed by atoms with Crippen molar-refractivity contribution in [2.75, 3.05) is 11.9 Å². The molecule has 0 saturated heterocycles. The van der Waals surface area contributed by atoms with Gasteiger partial charge in [-0.05, 0) is 31.4 Å². The Hall–Kier alpha value is -1.42. The quantitative estimate of drug-likeness (QED) is 0.822. The zero-order chi connectivity index (χ0) is 13.7. The highest BCUT2D eigenvalue weighted by molar-refractivity contribution is 5.95. The SMILES string of the molecule is Cc1cncc(NC(=O)C2(CN)CCCCCC2)c1. The van der Waals surface area contributed by atoms with Gasteiger partial charge < -0.3 is 11.1 Å². The van der Waals surface area contributed by atoms with E-state index in [4.69, 9.17) is 5.73 Å². The number of carbonyl (C=O) groups is 1. The molecule has 0 aliphatic heterocycles. The fourth-order valence-electron chi connectivity index (χ4n) is 2.82. The van der Waals surface area contributed by atoms with Crippen LogP contribution in [0.2, 0.25) is 0 Å². The third-order valence-electron chi connectivity index (χ3n) is 4.07. The van der Waals surface area contributed by atoms with Crippen LogP contribution in [-0.4, -0.2) is 17.4 Å². The Morgan fingerprint density at radius 3 is 2.58 bits per heavy atom. The first-order chi connectivity index (χ1) is 9.16. The Bertz CT molecular complexity index is 437. The number of hydrogen-bond acceptors (Lipinski definition) is 3. The summed E-state index contributed by atoms with van der Waals surface area (Å²) in [6.07, 6.45) is 9.87. The van der Waals surface area contributed by atoms with Crippen molar-refractivity contribution < 1.29 is 4.79 Å². The van der Waals surface area contributed by atoms with Gasteiger partial charge in [0.25, 0.3) is 0 Å². The molecule has 1 aromatic heterocycles. The van der Waals surface area contributed by atoms with E-state index in [-0.39, 0.29) is 11.3 Å². The van der Waals surface area contributed by atoms with Crippen LogP contribution in [0.1, 0.15) is 44.1 Å². The van der Waals surface area contributed by atoms with Gasteiger partial charge in [0, 0.05) is 12.7 Å². The number of nitrogens with one attached hydrogen (secondary N) is 1. The summed E-state index contributed by atoms with van der Waals surface area (Å²) in [7, 11) is 0. The summed E-state index contributed by atoms with van der Waals surface area (Å²) in [5.41, 5.74) is 7.33. The molecule has 19 heavy (non-hydrogen) atoms. The van der Waals surface area contributed by atoms with Gasteiger partial charge in [0.1, 0.15) is 0 Å². The van der Waals surface area contributed by atoms with Crippen molar-refractivity contribution in [3.05, 3.63) is 24.0 Å². The number of nitrogens with zero attached hydrogens (tertiary/aromatic N) is 1. The van der Waals surface area contributed by atoms with Gasteiger partial charge in [0.15, 0.2) is 0 Å². The van der Waals surface area contributed by atoms with Crippen molar-refractivity contribution in [3.63, 3.8) is 0 Å². The van der Waals surface area contributed by atoms with E-state index in [1.54, 1.807) is 12.4 Å². The molecule has 0 spiro atoms. The molecule has 1 aromatic rings. The van der Waals surface area contributed by atoms with Crippen LogP contribution in [-0.2, 0) is 4.79 Å². The second-order valence-corrected chi connectivity index (χ2v) is 5.60. The first kappa shape index (κ1) is 14.0. The summed E-state index contributed by atoms with van der Waals surface area (Å²) < 4.78 is 0. The molecule has 3 N–H and O–H groups in total. The highest BCUT2D eigenvalue weighted by atomic mass is 16.2. The maximum absolute atomic E-state index is 12.6.